The normalized spacial score (nSPS) is 20.8. The Balaban J connectivity index is 1.74. The predicted octanol–water partition coefficient (Wildman–Crippen LogP) is -0.297. The molecular weight excluding hydrogens is 318 g/mol. The molecule has 0 atom stereocenters. The van der Waals surface area contributed by atoms with Gasteiger partial charge in [0.25, 0.3) is 0 Å². The molecule has 3 heterocycles. The molecule has 1 aromatic heterocycles. The second-order valence-corrected chi connectivity index (χ2v) is 7.90. The standard InChI is InChI=1S/C14H23N5O3S/c1-12-11-13(17-7-9-22-10-8-17)16-14(15-12)18-3-5-19(6-4-18)23(2,20)21/h11H,3-10H2,1-2H3. The van der Waals surface area contributed by atoms with Crippen molar-refractivity contribution >= 4 is 21.8 Å². The van der Waals surface area contributed by atoms with Crippen molar-refractivity contribution < 1.29 is 13.2 Å². The van der Waals surface area contributed by atoms with Gasteiger partial charge in [-0.25, -0.2) is 13.4 Å². The van der Waals surface area contributed by atoms with E-state index in [1.54, 1.807) is 0 Å². The smallest absolute Gasteiger partial charge is 0.227 e. The van der Waals surface area contributed by atoms with E-state index in [0.29, 0.717) is 45.3 Å². The molecule has 9 heteroatoms. The summed E-state index contributed by atoms with van der Waals surface area (Å²) in [5.41, 5.74) is 0.919. The van der Waals surface area contributed by atoms with Gasteiger partial charge in [0.2, 0.25) is 16.0 Å². The first-order valence-electron chi connectivity index (χ1n) is 7.82. The minimum atomic E-state index is -3.12. The molecule has 0 spiro atoms. The molecule has 0 radical (unpaired) electrons. The van der Waals surface area contributed by atoms with Gasteiger partial charge in [-0.05, 0) is 6.92 Å². The Hall–Kier alpha value is -1.45. The van der Waals surface area contributed by atoms with Gasteiger partial charge in [-0.15, -0.1) is 0 Å². The van der Waals surface area contributed by atoms with Crippen molar-refractivity contribution in [2.75, 3.05) is 68.5 Å². The van der Waals surface area contributed by atoms with Crippen LogP contribution in [0.15, 0.2) is 6.07 Å². The summed E-state index contributed by atoms with van der Waals surface area (Å²) < 4.78 is 30.1. The number of ether oxygens (including phenoxy) is 1. The molecule has 8 nitrogen and oxygen atoms in total. The molecule has 0 aliphatic carbocycles. The molecule has 2 saturated heterocycles. The van der Waals surface area contributed by atoms with Gasteiger partial charge in [0.05, 0.1) is 19.5 Å². The molecule has 0 unspecified atom stereocenters. The first kappa shape index (κ1) is 16.4. The van der Waals surface area contributed by atoms with Gasteiger partial charge in [-0.1, -0.05) is 0 Å². The minimum Gasteiger partial charge on any atom is -0.378 e. The molecule has 0 amide bonds. The number of nitrogens with zero attached hydrogens (tertiary/aromatic N) is 5. The first-order valence-corrected chi connectivity index (χ1v) is 9.67. The summed E-state index contributed by atoms with van der Waals surface area (Å²) in [6, 6.07) is 1.99. The van der Waals surface area contributed by atoms with E-state index >= 15 is 0 Å². The second kappa shape index (κ2) is 6.58. The van der Waals surface area contributed by atoms with Crippen molar-refractivity contribution in [3.8, 4) is 0 Å². The van der Waals surface area contributed by atoms with Crippen molar-refractivity contribution in [3.05, 3.63) is 11.8 Å². The zero-order valence-corrected chi connectivity index (χ0v) is 14.4. The quantitative estimate of drug-likeness (QED) is 0.747. The molecule has 0 saturated carbocycles. The van der Waals surface area contributed by atoms with E-state index in [9.17, 15) is 8.42 Å². The van der Waals surface area contributed by atoms with Gasteiger partial charge >= 0.3 is 0 Å². The molecule has 128 valence electrons. The summed E-state index contributed by atoms with van der Waals surface area (Å²) >= 11 is 0. The Bertz CT molecular complexity index is 652. The highest BCUT2D eigenvalue weighted by atomic mass is 32.2. The number of rotatable bonds is 3. The molecule has 23 heavy (non-hydrogen) atoms. The Morgan fingerprint density at radius 2 is 1.65 bits per heavy atom. The largest absolute Gasteiger partial charge is 0.378 e. The third-order valence-corrected chi connectivity index (χ3v) is 5.46. The average Bonchev–Trinajstić information content (AvgIpc) is 2.54. The number of aromatic nitrogens is 2. The summed E-state index contributed by atoms with van der Waals surface area (Å²) in [5.74, 6) is 1.60. The van der Waals surface area contributed by atoms with Crippen LogP contribution in [0.25, 0.3) is 0 Å². The maximum Gasteiger partial charge on any atom is 0.227 e. The van der Waals surface area contributed by atoms with Crippen LogP contribution in [0.5, 0.6) is 0 Å². The highest BCUT2D eigenvalue weighted by Gasteiger charge is 2.25. The fourth-order valence-corrected chi connectivity index (χ4v) is 3.68. The Kier molecular flexibility index (Phi) is 4.69. The fourth-order valence-electron chi connectivity index (χ4n) is 2.85. The molecular formula is C14H23N5O3S. The van der Waals surface area contributed by atoms with Gasteiger partial charge in [0.15, 0.2) is 0 Å². The van der Waals surface area contributed by atoms with E-state index in [4.69, 9.17) is 4.74 Å². The molecule has 2 aliphatic rings. The van der Waals surface area contributed by atoms with Gasteiger partial charge < -0.3 is 14.5 Å². The lowest BCUT2D eigenvalue weighted by molar-refractivity contribution is 0.122. The van der Waals surface area contributed by atoms with Crippen LogP contribution in [0.1, 0.15) is 5.69 Å². The van der Waals surface area contributed by atoms with Gasteiger partial charge in [-0.2, -0.15) is 9.29 Å². The molecule has 2 fully saturated rings. The molecule has 0 aromatic carbocycles. The number of piperazine rings is 1. The monoisotopic (exact) mass is 341 g/mol. The van der Waals surface area contributed by atoms with E-state index in [0.717, 1.165) is 24.6 Å². The van der Waals surface area contributed by atoms with E-state index in [1.807, 2.05) is 13.0 Å². The molecule has 2 aliphatic heterocycles. The van der Waals surface area contributed by atoms with E-state index < -0.39 is 10.0 Å². The number of sulfonamides is 1. The summed E-state index contributed by atoms with van der Waals surface area (Å²) in [7, 11) is -3.12. The van der Waals surface area contributed by atoms with E-state index in [1.165, 1.54) is 10.6 Å². The van der Waals surface area contributed by atoms with E-state index in [-0.39, 0.29) is 0 Å². The zero-order valence-electron chi connectivity index (χ0n) is 13.6. The lowest BCUT2D eigenvalue weighted by atomic mass is 10.3. The Morgan fingerprint density at radius 1 is 1.00 bits per heavy atom. The van der Waals surface area contributed by atoms with Crippen LogP contribution in [0.2, 0.25) is 0 Å². The van der Waals surface area contributed by atoms with E-state index in [2.05, 4.69) is 19.8 Å². The number of anilines is 2. The summed E-state index contributed by atoms with van der Waals surface area (Å²) in [6.45, 7) is 7.22. The summed E-state index contributed by atoms with van der Waals surface area (Å²) in [4.78, 5) is 13.5. The van der Waals surface area contributed by atoms with Crippen LogP contribution in [0.4, 0.5) is 11.8 Å². The van der Waals surface area contributed by atoms with Crippen LogP contribution in [0.3, 0.4) is 0 Å². The van der Waals surface area contributed by atoms with Gasteiger partial charge in [0.1, 0.15) is 5.82 Å². The van der Waals surface area contributed by atoms with Crippen LogP contribution >= 0.6 is 0 Å². The van der Waals surface area contributed by atoms with Crippen LogP contribution in [0, 0.1) is 6.92 Å². The summed E-state index contributed by atoms with van der Waals surface area (Å²) in [5, 5.41) is 0. The zero-order chi connectivity index (χ0) is 16.4. The molecule has 0 bridgehead atoms. The highest BCUT2D eigenvalue weighted by Crippen LogP contribution is 2.20. The molecule has 3 rings (SSSR count). The highest BCUT2D eigenvalue weighted by molar-refractivity contribution is 7.88. The average molecular weight is 341 g/mol. The van der Waals surface area contributed by atoms with Crippen molar-refractivity contribution in [3.63, 3.8) is 0 Å². The lowest BCUT2D eigenvalue weighted by Crippen LogP contribution is -2.49. The maximum atomic E-state index is 11.6. The topological polar surface area (TPSA) is 78.9 Å². The first-order chi connectivity index (χ1) is 10.9. The second-order valence-electron chi connectivity index (χ2n) is 5.92. The van der Waals surface area contributed by atoms with Crippen molar-refractivity contribution in [1.29, 1.82) is 0 Å². The lowest BCUT2D eigenvalue weighted by Gasteiger charge is -2.34. The SMILES string of the molecule is Cc1cc(N2CCOCC2)nc(N2CCN(S(C)(=O)=O)CC2)n1. The summed E-state index contributed by atoms with van der Waals surface area (Å²) in [6.07, 6.45) is 1.25. The molecule has 0 N–H and O–H groups in total. The maximum absolute atomic E-state index is 11.6. The van der Waals surface area contributed by atoms with Crippen LogP contribution in [-0.2, 0) is 14.8 Å². The number of hydrogen-bond acceptors (Lipinski definition) is 7. The third kappa shape index (κ3) is 3.91. The van der Waals surface area contributed by atoms with Crippen LogP contribution in [-0.4, -0.2) is 81.4 Å². The predicted molar refractivity (Wildman–Crippen MR) is 88.4 cm³/mol. The molecule has 1 aromatic rings. The van der Waals surface area contributed by atoms with Crippen LogP contribution < -0.4 is 9.80 Å². The van der Waals surface area contributed by atoms with Gasteiger partial charge in [0, 0.05) is 51.0 Å². The van der Waals surface area contributed by atoms with Crippen molar-refractivity contribution in [2.45, 2.75) is 6.92 Å². The Labute approximate surface area is 137 Å². The fraction of sp³-hybridized carbons (Fsp3) is 0.714. The van der Waals surface area contributed by atoms with Crippen molar-refractivity contribution in [1.82, 2.24) is 14.3 Å². The third-order valence-electron chi connectivity index (χ3n) is 4.15. The number of morpholine rings is 1. The number of hydrogen-bond donors (Lipinski definition) is 0. The minimum absolute atomic E-state index is 0.475. The van der Waals surface area contributed by atoms with Gasteiger partial charge in [-0.3, -0.25) is 0 Å². The van der Waals surface area contributed by atoms with Crippen molar-refractivity contribution in [2.24, 2.45) is 0 Å². The number of aryl methyl sites for hydroxylation is 1. The Morgan fingerprint density at radius 3 is 2.26 bits per heavy atom.